The van der Waals surface area contributed by atoms with Crippen molar-refractivity contribution in [2.24, 2.45) is 17.8 Å². The number of nitrogens with zero attached hydrogens (tertiary/aromatic N) is 2. The van der Waals surface area contributed by atoms with Crippen LogP contribution in [0.4, 0.5) is 0 Å². The molecule has 1 saturated carbocycles. The van der Waals surface area contributed by atoms with Gasteiger partial charge in [0.15, 0.2) is 5.69 Å². The largest absolute Gasteiger partial charge is 0.461 e. The zero-order valence-electron chi connectivity index (χ0n) is 11.7. The molecule has 0 saturated heterocycles. The number of aromatic nitrogens is 2. The van der Waals surface area contributed by atoms with E-state index in [1.165, 1.54) is 4.68 Å². The van der Waals surface area contributed by atoms with Crippen molar-refractivity contribution in [2.45, 2.75) is 26.7 Å². The molecule has 0 unspecified atom stereocenters. The molecule has 2 bridgehead atoms. The number of allylic oxidation sites excluding steroid dienone is 2. The lowest BCUT2D eigenvalue weighted by Gasteiger charge is -2.16. The summed E-state index contributed by atoms with van der Waals surface area (Å²) in [6.45, 7) is 3.83. The lowest BCUT2D eigenvalue weighted by atomic mass is 9.93. The van der Waals surface area contributed by atoms with Crippen molar-refractivity contribution in [2.75, 3.05) is 6.61 Å². The first-order valence-electron chi connectivity index (χ1n) is 7.06. The second-order valence-electron chi connectivity index (χ2n) is 5.53. The van der Waals surface area contributed by atoms with Crippen LogP contribution >= 0.6 is 0 Å². The van der Waals surface area contributed by atoms with Crippen molar-refractivity contribution in [1.29, 1.82) is 0 Å². The number of esters is 1. The SMILES string of the molecule is CCOC(=O)c1cc(C)n(C(=O)[C@H]2C[C@H]3C=C[C@@H]2C3)n1. The van der Waals surface area contributed by atoms with E-state index in [2.05, 4.69) is 17.3 Å². The number of aryl methyl sites for hydroxylation is 1. The monoisotopic (exact) mass is 274 g/mol. The summed E-state index contributed by atoms with van der Waals surface area (Å²) in [7, 11) is 0. The third kappa shape index (κ3) is 2.07. The fraction of sp³-hybridized carbons (Fsp3) is 0.533. The van der Waals surface area contributed by atoms with Crippen LogP contribution in [-0.4, -0.2) is 28.3 Å². The Morgan fingerprint density at radius 3 is 2.80 bits per heavy atom. The Morgan fingerprint density at radius 1 is 1.40 bits per heavy atom. The third-order valence-electron chi connectivity index (χ3n) is 4.18. The van der Waals surface area contributed by atoms with Crippen molar-refractivity contribution in [3.05, 3.63) is 29.6 Å². The minimum absolute atomic E-state index is 0.00125. The molecule has 3 atom stereocenters. The first-order chi connectivity index (χ1) is 9.60. The molecule has 1 fully saturated rings. The van der Waals surface area contributed by atoms with Gasteiger partial charge in [-0.3, -0.25) is 4.79 Å². The Balaban J connectivity index is 1.82. The summed E-state index contributed by atoms with van der Waals surface area (Å²) < 4.78 is 6.28. The molecule has 20 heavy (non-hydrogen) atoms. The average Bonchev–Trinajstić information content (AvgIpc) is 3.12. The number of fused-ring (bicyclic) bond motifs is 2. The van der Waals surface area contributed by atoms with Crippen LogP contribution in [0.2, 0.25) is 0 Å². The van der Waals surface area contributed by atoms with E-state index in [1.54, 1.807) is 19.9 Å². The van der Waals surface area contributed by atoms with Crippen LogP contribution in [0.15, 0.2) is 18.2 Å². The first kappa shape index (κ1) is 13.1. The molecule has 0 amide bonds. The maximum atomic E-state index is 12.6. The molecular formula is C15H18N2O3. The molecule has 1 aromatic heterocycles. The van der Waals surface area contributed by atoms with Gasteiger partial charge in [0.05, 0.1) is 6.61 Å². The van der Waals surface area contributed by atoms with Crippen LogP contribution in [0, 0.1) is 24.7 Å². The fourth-order valence-electron chi connectivity index (χ4n) is 3.22. The molecule has 0 radical (unpaired) electrons. The molecule has 0 N–H and O–H groups in total. The Hall–Kier alpha value is -1.91. The van der Waals surface area contributed by atoms with E-state index in [0.717, 1.165) is 12.8 Å². The van der Waals surface area contributed by atoms with Crippen molar-refractivity contribution < 1.29 is 14.3 Å². The summed E-state index contributed by atoms with van der Waals surface area (Å²) in [5, 5.41) is 4.12. The normalized spacial score (nSPS) is 27.0. The van der Waals surface area contributed by atoms with Crippen LogP contribution < -0.4 is 0 Å². The summed E-state index contributed by atoms with van der Waals surface area (Å²) in [5.41, 5.74) is 0.890. The zero-order chi connectivity index (χ0) is 14.3. The number of ether oxygens (including phenoxy) is 1. The highest BCUT2D eigenvalue weighted by molar-refractivity contribution is 5.89. The summed E-state index contributed by atoms with van der Waals surface area (Å²) in [5.74, 6) is 0.389. The second-order valence-corrected chi connectivity index (χ2v) is 5.53. The zero-order valence-corrected chi connectivity index (χ0v) is 11.7. The molecule has 1 aromatic rings. The fourth-order valence-corrected chi connectivity index (χ4v) is 3.22. The minimum Gasteiger partial charge on any atom is -0.461 e. The van der Waals surface area contributed by atoms with Crippen LogP contribution in [0.3, 0.4) is 0 Å². The quantitative estimate of drug-likeness (QED) is 0.626. The molecule has 3 rings (SSSR count). The molecule has 5 heteroatoms. The van der Waals surface area contributed by atoms with E-state index in [-0.39, 0.29) is 17.5 Å². The minimum atomic E-state index is -0.477. The molecule has 5 nitrogen and oxygen atoms in total. The molecule has 0 spiro atoms. The predicted molar refractivity (Wildman–Crippen MR) is 72.4 cm³/mol. The summed E-state index contributed by atoms with van der Waals surface area (Å²) in [6.07, 6.45) is 6.31. The van der Waals surface area contributed by atoms with E-state index < -0.39 is 5.97 Å². The van der Waals surface area contributed by atoms with E-state index in [4.69, 9.17) is 4.74 Å². The third-order valence-corrected chi connectivity index (χ3v) is 4.18. The van der Waals surface area contributed by atoms with E-state index >= 15 is 0 Å². The smallest absolute Gasteiger partial charge is 0.358 e. The van der Waals surface area contributed by atoms with E-state index in [0.29, 0.717) is 24.1 Å². The molecular weight excluding hydrogens is 256 g/mol. The van der Waals surface area contributed by atoms with Gasteiger partial charge in [0, 0.05) is 11.6 Å². The Kier molecular flexibility index (Phi) is 3.20. The first-order valence-corrected chi connectivity index (χ1v) is 7.06. The Morgan fingerprint density at radius 2 is 2.20 bits per heavy atom. The molecule has 0 aromatic carbocycles. The average molecular weight is 274 g/mol. The van der Waals surface area contributed by atoms with Gasteiger partial charge in [-0.05, 0) is 44.6 Å². The van der Waals surface area contributed by atoms with Crippen molar-refractivity contribution >= 4 is 11.9 Å². The number of rotatable bonds is 3. The standard InChI is InChI=1S/C15H18N2O3/c1-3-20-15(19)13-6-9(2)17(16-13)14(18)12-8-10-4-5-11(12)7-10/h4-6,10-12H,3,7-8H2,1-2H3/t10-,11+,12-/m0/s1. The van der Waals surface area contributed by atoms with Crippen LogP contribution in [0.5, 0.6) is 0 Å². The Bertz CT molecular complexity index is 588. The van der Waals surface area contributed by atoms with Gasteiger partial charge in [0.1, 0.15) is 0 Å². The van der Waals surface area contributed by atoms with Gasteiger partial charge < -0.3 is 4.74 Å². The van der Waals surface area contributed by atoms with Crippen LogP contribution in [0.25, 0.3) is 0 Å². The highest BCUT2D eigenvalue weighted by Gasteiger charge is 2.41. The van der Waals surface area contributed by atoms with Gasteiger partial charge in [-0.15, -0.1) is 0 Å². The maximum absolute atomic E-state index is 12.6. The van der Waals surface area contributed by atoms with Gasteiger partial charge in [0.25, 0.3) is 5.91 Å². The predicted octanol–water partition coefficient (Wildman–Crippen LogP) is 2.22. The van der Waals surface area contributed by atoms with E-state index in [1.807, 2.05) is 0 Å². The summed E-state index contributed by atoms with van der Waals surface area (Å²) in [4.78, 5) is 24.2. The molecule has 1 heterocycles. The van der Waals surface area contributed by atoms with Gasteiger partial charge >= 0.3 is 5.97 Å². The van der Waals surface area contributed by atoms with Crippen molar-refractivity contribution in [3.8, 4) is 0 Å². The molecule has 2 aliphatic rings. The number of carbonyl (C=O) groups excluding carboxylic acids is 2. The van der Waals surface area contributed by atoms with Gasteiger partial charge in [0.2, 0.25) is 0 Å². The van der Waals surface area contributed by atoms with Gasteiger partial charge in [-0.1, -0.05) is 12.2 Å². The summed E-state index contributed by atoms with van der Waals surface area (Å²) in [6, 6.07) is 1.61. The molecule has 106 valence electrons. The van der Waals surface area contributed by atoms with E-state index in [9.17, 15) is 9.59 Å². The van der Waals surface area contributed by atoms with Crippen LogP contribution in [0.1, 0.15) is 40.7 Å². The topological polar surface area (TPSA) is 61.2 Å². The highest BCUT2D eigenvalue weighted by Crippen LogP contribution is 2.44. The summed E-state index contributed by atoms with van der Waals surface area (Å²) >= 11 is 0. The Labute approximate surface area is 117 Å². The number of hydrogen-bond acceptors (Lipinski definition) is 4. The van der Waals surface area contributed by atoms with Gasteiger partial charge in [-0.2, -0.15) is 5.10 Å². The maximum Gasteiger partial charge on any atom is 0.358 e. The lowest BCUT2D eigenvalue weighted by Crippen LogP contribution is -2.27. The number of carbonyl (C=O) groups is 2. The number of hydrogen-bond donors (Lipinski definition) is 0. The second kappa shape index (κ2) is 4.89. The lowest BCUT2D eigenvalue weighted by molar-refractivity contribution is 0.0518. The highest BCUT2D eigenvalue weighted by atomic mass is 16.5. The molecule has 0 aliphatic heterocycles. The van der Waals surface area contributed by atoms with Crippen LogP contribution in [-0.2, 0) is 4.74 Å². The van der Waals surface area contributed by atoms with Gasteiger partial charge in [-0.25, -0.2) is 9.48 Å². The molecule has 2 aliphatic carbocycles. The van der Waals surface area contributed by atoms with Crippen molar-refractivity contribution in [3.63, 3.8) is 0 Å². The van der Waals surface area contributed by atoms with Crippen molar-refractivity contribution in [1.82, 2.24) is 9.78 Å².